The predicted molar refractivity (Wildman–Crippen MR) is 82.1 cm³/mol. The third-order valence-electron chi connectivity index (χ3n) is 4.97. The molecule has 1 aliphatic heterocycles. The standard InChI is InChI=1S/C16H26N4O2/c1-11(16-17-12(2)19-22-16)20-9-5-8-14(10-20)18-15(21)13-6-3-4-7-13/h11,13-14H,3-10H2,1-2H3,(H,18,21)/t11?,14-/m1/s1. The number of carbonyl (C=O) groups excluding carboxylic acids is 1. The van der Waals surface area contributed by atoms with Crippen LogP contribution >= 0.6 is 0 Å². The lowest BCUT2D eigenvalue weighted by atomic mass is 10.0. The maximum Gasteiger partial charge on any atom is 0.243 e. The van der Waals surface area contributed by atoms with Gasteiger partial charge < -0.3 is 9.84 Å². The molecule has 1 aromatic heterocycles. The molecular formula is C16H26N4O2. The van der Waals surface area contributed by atoms with Gasteiger partial charge in [-0.25, -0.2) is 0 Å². The summed E-state index contributed by atoms with van der Waals surface area (Å²) in [7, 11) is 0. The van der Waals surface area contributed by atoms with Crippen molar-refractivity contribution in [2.75, 3.05) is 13.1 Å². The first-order valence-corrected chi connectivity index (χ1v) is 8.48. The fourth-order valence-electron chi connectivity index (χ4n) is 3.62. The molecule has 1 unspecified atom stereocenters. The Labute approximate surface area is 131 Å². The van der Waals surface area contributed by atoms with E-state index < -0.39 is 0 Å². The fourth-order valence-corrected chi connectivity index (χ4v) is 3.62. The van der Waals surface area contributed by atoms with Crippen molar-refractivity contribution in [3.63, 3.8) is 0 Å². The first-order chi connectivity index (χ1) is 10.6. The van der Waals surface area contributed by atoms with Gasteiger partial charge in [-0.2, -0.15) is 4.98 Å². The van der Waals surface area contributed by atoms with Crippen molar-refractivity contribution in [3.05, 3.63) is 11.7 Å². The predicted octanol–water partition coefficient (Wildman–Crippen LogP) is 2.21. The van der Waals surface area contributed by atoms with E-state index in [2.05, 4.69) is 27.3 Å². The van der Waals surface area contributed by atoms with Crippen molar-refractivity contribution in [2.24, 2.45) is 5.92 Å². The maximum absolute atomic E-state index is 12.3. The summed E-state index contributed by atoms with van der Waals surface area (Å²) in [5, 5.41) is 7.12. The van der Waals surface area contributed by atoms with Crippen molar-refractivity contribution in [2.45, 2.75) is 64.5 Å². The van der Waals surface area contributed by atoms with E-state index in [1.54, 1.807) is 0 Å². The molecule has 22 heavy (non-hydrogen) atoms. The minimum atomic E-state index is 0.104. The van der Waals surface area contributed by atoms with Gasteiger partial charge in [-0.3, -0.25) is 9.69 Å². The van der Waals surface area contributed by atoms with Crippen molar-refractivity contribution in [1.82, 2.24) is 20.4 Å². The quantitative estimate of drug-likeness (QED) is 0.923. The molecule has 3 rings (SSSR count). The second-order valence-electron chi connectivity index (χ2n) is 6.68. The number of aromatic nitrogens is 2. The molecule has 1 aliphatic carbocycles. The summed E-state index contributed by atoms with van der Waals surface area (Å²) < 4.78 is 5.29. The number of piperidine rings is 1. The highest BCUT2D eigenvalue weighted by Gasteiger charge is 2.30. The summed E-state index contributed by atoms with van der Waals surface area (Å²) in [6.07, 6.45) is 6.66. The maximum atomic E-state index is 12.3. The summed E-state index contributed by atoms with van der Waals surface area (Å²) in [4.78, 5) is 19.0. The van der Waals surface area contributed by atoms with Crippen LogP contribution in [-0.2, 0) is 4.79 Å². The molecule has 2 atom stereocenters. The number of hydrogen-bond acceptors (Lipinski definition) is 5. The van der Waals surface area contributed by atoms with E-state index >= 15 is 0 Å². The third-order valence-corrected chi connectivity index (χ3v) is 4.97. The second-order valence-corrected chi connectivity index (χ2v) is 6.68. The van der Waals surface area contributed by atoms with Crippen molar-refractivity contribution < 1.29 is 9.32 Å². The SMILES string of the molecule is Cc1noc(C(C)N2CCC[C@@H](NC(=O)C3CCCC3)C2)n1. The normalized spacial score (nSPS) is 25.3. The monoisotopic (exact) mass is 306 g/mol. The Morgan fingerprint density at radius 2 is 2.09 bits per heavy atom. The van der Waals surface area contributed by atoms with E-state index in [0.29, 0.717) is 11.7 Å². The van der Waals surface area contributed by atoms with Gasteiger partial charge in [-0.05, 0) is 46.1 Å². The number of aryl methyl sites for hydroxylation is 1. The van der Waals surface area contributed by atoms with Crippen LogP contribution < -0.4 is 5.32 Å². The lowest BCUT2D eigenvalue weighted by molar-refractivity contribution is -0.126. The van der Waals surface area contributed by atoms with Crippen LogP contribution in [0.4, 0.5) is 0 Å². The van der Waals surface area contributed by atoms with E-state index in [1.165, 1.54) is 12.8 Å². The minimum Gasteiger partial charge on any atom is -0.352 e. The number of nitrogens with one attached hydrogen (secondary N) is 1. The molecule has 1 amide bonds. The topological polar surface area (TPSA) is 71.3 Å². The molecule has 0 aromatic carbocycles. The highest BCUT2D eigenvalue weighted by atomic mass is 16.5. The highest BCUT2D eigenvalue weighted by Crippen LogP contribution is 2.26. The van der Waals surface area contributed by atoms with Gasteiger partial charge in [-0.1, -0.05) is 18.0 Å². The number of hydrogen-bond donors (Lipinski definition) is 1. The Morgan fingerprint density at radius 1 is 1.32 bits per heavy atom. The fraction of sp³-hybridized carbons (Fsp3) is 0.812. The molecule has 2 aliphatic rings. The van der Waals surface area contributed by atoms with Gasteiger partial charge in [0.1, 0.15) is 0 Å². The largest absolute Gasteiger partial charge is 0.352 e. The molecule has 1 saturated carbocycles. The Hall–Kier alpha value is -1.43. The number of amides is 1. The molecule has 0 bridgehead atoms. The van der Waals surface area contributed by atoms with Gasteiger partial charge >= 0.3 is 0 Å². The summed E-state index contributed by atoms with van der Waals surface area (Å²) >= 11 is 0. The molecule has 6 heteroatoms. The first kappa shape index (κ1) is 15.5. The van der Waals surface area contributed by atoms with Crippen molar-refractivity contribution in [3.8, 4) is 0 Å². The molecule has 0 spiro atoms. The van der Waals surface area contributed by atoms with Crippen LogP contribution in [0.15, 0.2) is 4.52 Å². The first-order valence-electron chi connectivity index (χ1n) is 8.48. The Bertz CT molecular complexity index is 510. The van der Waals surface area contributed by atoms with Gasteiger partial charge in [0.25, 0.3) is 0 Å². The number of likely N-dealkylation sites (tertiary alicyclic amines) is 1. The number of carbonyl (C=O) groups is 1. The molecule has 0 radical (unpaired) electrons. The van der Waals surface area contributed by atoms with Gasteiger partial charge in [0.05, 0.1) is 6.04 Å². The van der Waals surface area contributed by atoms with Gasteiger partial charge in [-0.15, -0.1) is 0 Å². The van der Waals surface area contributed by atoms with Crippen molar-refractivity contribution >= 4 is 5.91 Å². The summed E-state index contributed by atoms with van der Waals surface area (Å²) in [6.45, 7) is 5.80. The van der Waals surface area contributed by atoms with E-state index in [0.717, 1.165) is 38.8 Å². The van der Waals surface area contributed by atoms with Crippen LogP contribution in [0.3, 0.4) is 0 Å². The number of nitrogens with zero attached hydrogens (tertiary/aromatic N) is 3. The zero-order chi connectivity index (χ0) is 15.5. The van der Waals surface area contributed by atoms with Gasteiger partial charge in [0, 0.05) is 18.5 Å². The summed E-state index contributed by atoms with van der Waals surface area (Å²) in [6, 6.07) is 0.348. The molecule has 1 N–H and O–H groups in total. The van der Waals surface area contributed by atoms with E-state index in [9.17, 15) is 4.79 Å². The highest BCUT2D eigenvalue weighted by molar-refractivity contribution is 5.79. The molecule has 1 aromatic rings. The lowest BCUT2D eigenvalue weighted by Gasteiger charge is -2.36. The summed E-state index contributed by atoms with van der Waals surface area (Å²) in [5.41, 5.74) is 0. The van der Waals surface area contributed by atoms with Crippen LogP contribution in [0.1, 0.15) is 63.2 Å². The van der Waals surface area contributed by atoms with Crippen LogP contribution in [0.5, 0.6) is 0 Å². The third kappa shape index (κ3) is 3.48. The van der Waals surface area contributed by atoms with Gasteiger partial charge in [0.2, 0.25) is 11.8 Å². The molecule has 2 heterocycles. The molecule has 1 saturated heterocycles. The van der Waals surface area contributed by atoms with Crippen molar-refractivity contribution in [1.29, 1.82) is 0 Å². The van der Waals surface area contributed by atoms with Gasteiger partial charge in [0.15, 0.2) is 5.82 Å². The number of rotatable bonds is 4. The Kier molecular flexibility index (Phi) is 4.76. The molecule has 6 nitrogen and oxygen atoms in total. The van der Waals surface area contributed by atoms with E-state index in [-0.39, 0.29) is 23.9 Å². The van der Waals surface area contributed by atoms with Crippen LogP contribution in [0.25, 0.3) is 0 Å². The zero-order valence-electron chi connectivity index (χ0n) is 13.5. The van der Waals surface area contributed by atoms with E-state index in [4.69, 9.17) is 4.52 Å². The second kappa shape index (κ2) is 6.77. The minimum absolute atomic E-state index is 0.104. The zero-order valence-corrected chi connectivity index (χ0v) is 13.5. The molecule has 122 valence electrons. The molecular weight excluding hydrogens is 280 g/mol. The van der Waals surface area contributed by atoms with Crippen LogP contribution in [-0.4, -0.2) is 40.1 Å². The van der Waals surface area contributed by atoms with Crippen LogP contribution in [0.2, 0.25) is 0 Å². The Balaban J connectivity index is 1.55. The van der Waals surface area contributed by atoms with Crippen LogP contribution in [0, 0.1) is 12.8 Å². The average molecular weight is 306 g/mol. The Morgan fingerprint density at radius 3 is 2.77 bits per heavy atom. The molecule has 2 fully saturated rings. The average Bonchev–Trinajstić information content (AvgIpc) is 3.18. The summed E-state index contributed by atoms with van der Waals surface area (Å²) in [5.74, 6) is 1.84. The lowest BCUT2D eigenvalue weighted by Crippen LogP contribution is -2.49. The van der Waals surface area contributed by atoms with E-state index in [1.807, 2.05) is 6.92 Å². The smallest absolute Gasteiger partial charge is 0.243 e.